The van der Waals surface area contributed by atoms with Gasteiger partial charge in [-0.1, -0.05) is 52.4 Å². The predicted molar refractivity (Wildman–Crippen MR) is 67.9 cm³/mol. The van der Waals surface area contributed by atoms with Crippen molar-refractivity contribution in [2.75, 3.05) is 0 Å². The third-order valence-electron chi connectivity index (χ3n) is 4.11. The molecule has 0 saturated heterocycles. The lowest BCUT2D eigenvalue weighted by atomic mass is 9.83. The summed E-state index contributed by atoms with van der Waals surface area (Å²) in [4.78, 5) is 0. The van der Waals surface area contributed by atoms with Crippen LogP contribution in [0.4, 0.5) is 0 Å². The van der Waals surface area contributed by atoms with Gasteiger partial charge in [-0.2, -0.15) is 0 Å². The zero-order valence-corrected chi connectivity index (χ0v) is 10.7. The Bertz CT molecular complexity index is 149. The average Bonchev–Trinajstić information content (AvgIpc) is 2.27. The highest BCUT2D eigenvalue weighted by atomic mass is 14.6. The summed E-state index contributed by atoms with van der Waals surface area (Å²) in [5.41, 5.74) is 6.22. The second-order valence-corrected chi connectivity index (χ2v) is 5.51. The molecule has 2 N–H and O–H groups in total. The first-order valence-corrected chi connectivity index (χ1v) is 6.99. The van der Waals surface area contributed by atoms with E-state index in [0.29, 0.717) is 6.04 Å². The molecule has 1 heteroatoms. The Labute approximate surface area is 95.8 Å². The van der Waals surface area contributed by atoms with Crippen LogP contribution in [-0.2, 0) is 0 Å². The van der Waals surface area contributed by atoms with Crippen LogP contribution < -0.4 is 5.73 Å². The highest BCUT2D eigenvalue weighted by molar-refractivity contribution is 4.73. The summed E-state index contributed by atoms with van der Waals surface area (Å²) >= 11 is 0. The fourth-order valence-electron chi connectivity index (χ4n) is 2.86. The van der Waals surface area contributed by atoms with Gasteiger partial charge in [-0.15, -0.1) is 0 Å². The topological polar surface area (TPSA) is 26.0 Å². The zero-order valence-electron chi connectivity index (χ0n) is 10.7. The number of hydrogen-bond acceptors (Lipinski definition) is 1. The third-order valence-corrected chi connectivity index (χ3v) is 4.11. The molecule has 0 spiro atoms. The number of nitrogens with two attached hydrogens (primary N) is 1. The first-order valence-electron chi connectivity index (χ1n) is 6.99. The van der Waals surface area contributed by atoms with Gasteiger partial charge in [0.1, 0.15) is 0 Å². The Morgan fingerprint density at radius 3 is 2.40 bits per heavy atom. The van der Waals surface area contributed by atoms with Crippen LogP contribution in [0.25, 0.3) is 0 Å². The van der Waals surface area contributed by atoms with E-state index >= 15 is 0 Å². The average molecular weight is 211 g/mol. The summed E-state index contributed by atoms with van der Waals surface area (Å²) in [5, 5.41) is 0. The predicted octanol–water partition coefficient (Wildman–Crippen LogP) is 4.11. The van der Waals surface area contributed by atoms with Crippen LogP contribution >= 0.6 is 0 Å². The molecule has 1 rings (SSSR count). The van der Waals surface area contributed by atoms with Crippen molar-refractivity contribution in [1.82, 2.24) is 0 Å². The van der Waals surface area contributed by atoms with E-state index in [1.54, 1.807) is 0 Å². The van der Waals surface area contributed by atoms with E-state index in [2.05, 4.69) is 13.8 Å². The van der Waals surface area contributed by atoms with E-state index in [9.17, 15) is 0 Å². The summed E-state index contributed by atoms with van der Waals surface area (Å²) in [7, 11) is 0. The first-order chi connectivity index (χ1) is 7.24. The molecule has 1 aliphatic rings. The van der Waals surface area contributed by atoms with E-state index in [1.165, 1.54) is 57.8 Å². The third kappa shape index (κ3) is 5.01. The molecule has 1 fully saturated rings. The fourth-order valence-corrected chi connectivity index (χ4v) is 2.86. The van der Waals surface area contributed by atoms with Gasteiger partial charge in [0.2, 0.25) is 0 Å². The smallest absolute Gasteiger partial charge is 0.00646 e. The Hall–Kier alpha value is -0.0400. The van der Waals surface area contributed by atoms with E-state index in [0.717, 1.165) is 11.8 Å². The summed E-state index contributed by atoms with van der Waals surface area (Å²) < 4.78 is 0. The summed E-state index contributed by atoms with van der Waals surface area (Å²) in [6, 6.07) is 0.451. The van der Waals surface area contributed by atoms with Gasteiger partial charge in [-0.05, 0) is 31.1 Å². The van der Waals surface area contributed by atoms with Crippen molar-refractivity contribution in [1.29, 1.82) is 0 Å². The maximum Gasteiger partial charge on any atom is 0.00646 e. The lowest BCUT2D eigenvalue weighted by molar-refractivity contribution is 0.301. The highest BCUT2D eigenvalue weighted by Gasteiger charge is 2.17. The van der Waals surface area contributed by atoms with E-state index < -0.39 is 0 Å². The molecule has 0 aromatic heterocycles. The molecule has 0 aromatic rings. The SMILES string of the molecule is CCCC(C)C(N)CCC1CCCCC1. The molecule has 0 bridgehead atoms. The van der Waals surface area contributed by atoms with Crippen LogP contribution in [0.1, 0.15) is 71.6 Å². The van der Waals surface area contributed by atoms with Crippen molar-refractivity contribution in [3.8, 4) is 0 Å². The Morgan fingerprint density at radius 1 is 1.13 bits per heavy atom. The van der Waals surface area contributed by atoms with E-state index in [1.807, 2.05) is 0 Å². The summed E-state index contributed by atoms with van der Waals surface area (Å²) in [5.74, 6) is 1.72. The fraction of sp³-hybridized carbons (Fsp3) is 1.00. The minimum atomic E-state index is 0.451. The van der Waals surface area contributed by atoms with Crippen LogP contribution in [0, 0.1) is 11.8 Å². The van der Waals surface area contributed by atoms with Gasteiger partial charge in [0.25, 0.3) is 0 Å². The quantitative estimate of drug-likeness (QED) is 0.703. The second-order valence-electron chi connectivity index (χ2n) is 5.51. The molecule has 2 atom stereocenters. The lowest BCUT2D eigenvalue weighted by Crippen LogP contribution is -2.29. The van der Waals surface area contributed by atoms with Crippen molar-refractivity contribution < 1.29 is 0 Å². The lowest BCUT2D eigenvalue weighted by Gasteiger charge is -2.25. The molecule has 0 radical (unpaired) electrons. The van der Waals surface area contributed by atoms with E-state index in [-0.39, 0.29) is 0 Å². The van der Waals surface area contributed by atoms with Gasteiger partial charge < -0.3 is 5.73 Å². The van der Waals surface area contributed by atoms with Gasteiger partial charge in [-0.25, -0.2) is 0 Å². The van der Waals surface area contributed by atoms with Crippen molar-refractivity contribution in [3.63, 3.8) is 0 Å². The van der Waals surface area contributed by atoms with Crippen LogP contribution in [0.5, 0.6) is 0 Å². The first kappa shape index (κ1) is 13.0. The van der Waals surface area contributed by atoms with Crippen molar-refractivity contribution in [2.45, 2.75) is 77.7 Å². The maximum absolute atomic E-state index is 6.22. The molecule has 1 nitrogen and oxygen atoms in total. The van der Waals surface area contributed by atoms with Crippen molar-refractivity contribution in [2.24, 2.45) is 17.6 Å². The summed E-state index contributed by atoms with van der Waals surface area (Å²) in [6.07, 6.45) is 12.5. The second kappa shape index (κ2) is 7.27. The van der Waals surface area contributed by atoms with Gasteiger partial charge in [0, 0.05) is 6.04 Å². The molecule has 0 heterocycles. The normalized spacial score (nSPS) is 22.6. The highest BCUT2D eigenvalue weighted by Crippen LogP contribution is 2.28. The number of rotatable bonds is 6. The standard InChI is InChI=1S/C14H29N/c1-3-7-12(2)14(15)11-10-13-8-5-4-6-9-13/h12-14H,3-11,15H2,1-2H3. The van der Waals surface area contributed by atoms with Crippen LogP contribution in [0.3, 0.4) is 0 Å². The van der Waals surface area contributed by atoms with Gasteiger partial charge in [0.15, 0.2) is 0 Å². The maximum atomic E-state index is 6.22. The number of hydrogen-bond donors (Lipinski definition) is 1. The van der Waals surface area contributed by atoms with Gasteiger partial charge in [-0.3, -0.25) is 0 Å². The van der Waals surface area contributed by atoms with Crippen molar-refractivity contribution in [3.05, 3.63) is 0 Å². The zero-order chi connectivity index (χ0) is 11.1. The summed E-state index contributed by atoms with van der Waals surface area (Å²) in [6.45, 7) is 4.57. The minimum absolute atomic E-state index is 0.451. The van der Waals surface area contributed by atoms with Crippen LogP contribution in [-0.4, -0.2) is 6.04 Å². The molecule has 90 valence electrons. The van der Waals surface area contributed by atoms with Crippen LogP contribution in [0.2, 0.25) is 0 Å². The van der Waals surface area contributed by atoms with Crippen LogP contribution in [0.15, 0.2) is 0 Å². The molecule has 0 amide bonds. The molecular weight excluding hydrogens is 182 g/mol. The monoisotopic (exact) mass is 211 g/mol. The molecule has 1 aliphatic carbocycles. The molecule has 0 aliphatic heterocycles. The van der Waals surface area contributed by atoms with Gasteiger partial charge in [0.05, 0.1) is 0 Å². The van der Waals surface area contributed by atoms with Crippen molar-refractivity contribution >= 4 is 0 Å². The Balaban J connectivity index is 2.11. The van der Waals surface area contributed by atoms with E-state index in [4.69, 9.17) is 5.73 Å². The molecule has 0 aromatic carbocycles. The molecular formula is C14H29N. The molecule has 15 heavy (non-hydrogen) atoms. The Morgan fingerprint density at radius 2 is 1.80 bits per heavy atom. The Kier molecular flexibility index (Phi) is 6.31. The molecule has 2 unspecified atom stereocenters. The molecule has 1 saturated carbocycles. The van der Waals surface area contributed by atoms with Gasteiger partial charge >= 0.3 is 0 Å². The minimum Gasteiger partial charge on any atom is -0.327 e. The largest absolute Gasteiger partial charge is 0.327 e.